The van der Waals surface area contributed by atoms with Crippen LogP contribution in [0.15, 0.2) is 0 Å². The molecular weight excluding hydrogens is 280 g/mol. The molecule has 0 radical (unpaired) electrons. The average Bonchev–Trinajstić information content (AvgIpc) is 2.13. The monoisotopic (exact) mass is 308 g/mol. The molecule has 1 unspecified atom stereocenters. The highest BCUT2D eigenvalue weighted by molar-refractivity contribution is 9.09. The Morgan fingerprint density at radius 1 is 1.19 bits per heavy atom. The lowest BCUT2D eigenvalue weighted by molar-refractivity contribution is 0.229. The van der Waals surface area contributed by atoms with E-state index in [9.17, 15) is 0 Å². The molecule has 0 aromatic carbocycles. The molecule has 0 aliphatic heterocycles. The lowest BCUT2D eigenvalue weighted by Crippen LogP contribution is -2.41. The molecule has 0 aliphatic carbocycles. The summed E-state index contributed by atoms with van der Waals surface area (Å²) in [6.45, 7) is 14.8. The summed E-state index contributed by atoms with van der Waals surface area (Å²) < 4.78 is 6.21. The quantitative estimate of drug-likeness (QED) is 0.356. The predicted molar refractivity (Wildman–Crippen MR) is 80.0 cm³/mol. The summed E-state index contributed by atoms with van der Waals surface area (Å²) in [6, 6.07) is 0. The maximum atomic E-state index is 6.21. The van der Waals surface area contributed by atoms with Crippen LogP contribution in [0.25, 0.3) is 0 Å². The van der Waals surface area contributed by atoms with Gasteiger partial charge in [-0.05, 0) is 36.9 Å². The van der Waals surface area contributed by atoms with E-state index in [4.69, 9.17) is 4.43 Å². The average molecular weight is 309 g/mol. The van der Waals surface area contributed by atoms with Crippen molar-refractivity contribution < 1.29 is 4.43 Å². The van der Waals surface area contributed by atoms with Crippen molar-refractivity contribution in [3.63, 3.8) is 0 Å². The van der Waals surface area contributed by atoms with E-state index in [-0.39, 0.29) is 0 Å². The second kappa shape index (κ2) is 7.17. The maximum Gasteiger partial charge on any atom is 0.191 e. The van der Waals surface area contributed by atoms with E-state index in [0.29, 0.717) is 11.0 Å². The smallest absolute Gasteiger partial charge is 0.191 e. The van der Waals surface area contributed by atoms with Crippen LogP contribution >= 0.6 is 15.9 Å². The van der Waals surface area contributed by atoms with E-state index in [0.717, 1.165) is 11.9 Å². The molecule has 0 spiro atoms. The molecule has 0 saturated carbocycles. The van der Waals surface area contributed by atoms with Gasteiger partial charge in [-0.15, -0.1) is 0 Å². The molecule has 3 heteroatoms. The molecule has 0 saturated heterocycles. The van der Waals surface area contributed by atoms with Crippen LogP contribution in [0.3, 0.4) is 0 Å². The standard InChI is InChI=1S/C13H29BrOSi/c1-12(9-7-8-10-14)11-15-16(5,6)13(2,3)4/h12H,7-11H2,1-6H3. The highest BCUT2D eigenvalue weighted by Gasteiger charge is 2.37. The number of alkyl halides is 1. The number of hydrogen-bond donors (Lipinski definition) is 0. The Morgan fingerprint density at radius 2 is 1.75 bits per heavy atom. The first-order valence-corrected chi connectivity index (χ1v) is 10.4. The Hall–Kier alpha value is 0.657. The second-order valence-electron chi connectivity index (χ2n) is 6.36. The van der Waals surface area contributed by atoms with Crippen molar-refractivity contribution in [2.24, 2.45) is 5.92 Å². The minimum Gasteiger partial charge on any atom is -0.417 e. The normalized spacial score (nSPS) is 15.2. The van der Waals surface area contributed by atoms with Crippen LogP contribution < -0.4 is 0 Å². The fraction of sp³-hybridized carbons (Fsp3) is 1.00. The van der Waals surface area contributed by atoms with E-state index in [2.05, 4.69) is 56.7 Å². The van der Waals surface area contributed by atoms with E-state index in [1.165, 1.54) is 19.3 Å². The minimum atomic E-state index is -1.52. The lowest BCUT2D eigenvalue weighted by Gasteiger charge is -2.37. The van der Waals surface area contributed by atoms with Crippen molar-refractivity contribution in [3.05, 3.63) is 0 Å². The third kappa shape index (κ3) is 6.41. The van der Waals surface area contributed by atoms with E-state index < -0.39 is 8.32 Å². The van der Waals surface area contributed by atoms with Crippen molar-refractivity contribution >= 4 is 24.2 Å². The third-order valence-corrected chi connectivity index (χ3v) is 8.68. The van der Waals surface area contributed by atoms with Gasteiger partial charge in [-0.2, -0.15) is 0 Å². The molecule has 0 aromatic rings. The molecule has 0 bridgehead atoms. The summed E-state index contributed by atoms with van der Waals surface area (Å²) >= 11 is 3.47. The molecule has 0 aromatic heterocycles. The summed E-state index contributed by atoms with van der Waals surface area (Å²) in [5.41, 5.74) is 0. The first kappa shape index (κ1) is 16.7. The molecule has 16 heavy (non-hydrogen) atoms. The van der Waals surface area contributed by atoms with Gasteiger partial charge in [-0.1, -0.05) is 50.0 Å². The summed E-state index contributed by atoms with van der Waals surface area (Å²) in [6.07, 6.45) is 3.89. The van der Waals surface area contributed by atoms with Crippen molar-refractivity contribution in [3.8, 4) is 0 Å². The van der Waals surface area contributed by atoms with Gasteiger partial charge in [0.15, 0.2) is 8.32 Å². The van der Waals surface area contributed by atoms with Gasteiger partial charge in [-0.25, -0.2) is 0 Å². The molecule has 0 amide bonds. The second-order valence-corrected chi connectivity index (χ2v) is 12.0. The van der Waals surface area contributed by atoms with Gasteiger partial charge in [-0.3, -0.25) is 0 Å². The Morgan fingerprint density at radius 3 is 2.19 bits per heavy atom. The van der Waals surface area contributed by atoms with Crippen LogP contribution in [-0.2, 0) is 4.43 Å². The van der Waals surface area contributed by atoms with E-state index in [1.54, 1.807) is 0 Å². The highest BCUT2D eigenvalue weighted by atomic mass is 79.9. The molecule has 1 atom stereocenters. The van der Waals surface area contributed by atoms with Crippen LogP contribution in [0.4, 0.5) is 0 Å². The molecule has 0 N–H and O–H groups in total. The van der Waals surface area contributed by atoms with Crippen molar-refractivity contribution in [2.45, 2.75) is 65.1 Å². The first-order chi connectivity index (χ1) is 7.20. The first-order valence-electron chi connectivity index (χ1n) is 6.40. The number of hydrogen-bond acceptors (Lipinski definition) is 1. The van der Waals surface area contributed by atoms with Crippen molar-refractivity contribution in [1.82, 2.24) is 0 Å². The van der Waals surface area contributed by atoms with Gasteiger partial charge in [0.2, 0.25) is 0 Å². The highest BCUT2D eigenvalue weighted by Crippen LogP contribution is 2.36. The SMILES string of the molecule is CC(CCCCBr)CO[Si](C)(C)C(C)(C)C. The van der Waals surface area contributed by atoms with Crippen LogP contribution in [0.2, 0.25) is 18.1 Å². The Kier molecular flexibility index (Phi) is 7.47. The maximum absolute atomic E-state index is 6.21. The molecular formula is C13H29BrOSi. The van der Waals surface area contributed by atoms with Crippen LogP contribution in [0.5, 0.6) is 0 Å². The Balaban J connectivity index is 3.86. The topological polar surface area (TPSA) is 9.23 Å². The lowest BCUT2D eigenvalue weighted by atomic mass is 10.1. The predicted octanol–water partition coefficient (Wildman–Crippen LogP) is 5.21. The zero-order valence-electron chi connectivity index (χ0n) is 11.9. The molecule has 98 valence electrons. The van der Waals surface area contributed by atoms with Gasteiger partial charge >= 0.3 is 0 Å². The summed E-state index contributed by atoms with van der Waals surface area (Å²) in [7, 11) is -1.52. The zero-order valence-corrected chi connectivity index (χ0v) is 14.5. The minimum absolute atomic E-state index is 0.336. The van der Waals surface area contributed by atoms with Gasteiger partial charge < -0.3 is 4.43 Å². The summed E-state index contributed by atoms with van der Waals surface area (Å²) in [4.78, 5) is 0. The molecule has 0 aliphatic rings. The fourth-order valence-corrected chi connectivity index (χ4v) is 2.77. The Labute approximate surface area is 112 Å². The molecule has 0 rings (SSSR count). The van der Waals surface area contributed by atoms with Gasteiger partial charge in [0.25, 0.3) is 0 Å². The van der Waals surface area contributed by atoms with Crippen molar-refractivity contribution in [2.75, 3.05) is 11.9 Å². The Bertz CT molecular complexity index is 187. The summed E-state index contributed by atoms with van der Waals surface area (Å²) in [5, 5.41) is 1.46. The van der Waals surface area contributed by atoms with Crippen LogP contribution in [0.1, 0.15) is 47.0 Å². The van der Waals surface area contributed by atoms with Gasteiger partial charge in [0.1, 0.15) is 0 Å². The number of rotatable bonds is 7. The zero-order chi connectivity index (χ0) is 12.8. The van der Waals surface area contributed by atoms with Crippen LogP contribution in [0, 0.1) is 5.92 Å². The molecule has 0 fully saturated rings. The molecule has 0 heterocycles. The van der Waals surface area contributed by atoms with Crippen LogP contribution in [-0.4, -0.2) is 20.3 Å². The summed E-state index contributed by atoms with van der Waals surface area (Å²) in [5.74, 6) is 0.702. The van der Waals surface area contributed by atoms with Crippen molar-refractivity contribution in [1.29, 1.82) is 0 Å². The largest absolute Gasteiger partial charge is 0.417 e. The third-order valence-electron chi connectivity index (χ3n) is 3.62. The fourth-order valence-electron chi connectivity index (χ4n) is 1.24. The molecule has 1 nitrogen and oxygen atoms in total. The van der Waals surface area contributed by atoms with E-state index >= 15 is 0 Å². The van der Waals surface area contributed by atoms with E-state index in [1.807, 2.05) is 0 Å². The van der Waals surface area contributed by atoms with Gasteiger partial charge in [0, 0.05) is 11.9 Å². The van der Waals surface area contributed by atoms with Gasteiger partial charge in [0.05, 0.1) is 0 Å². The number of halogens is 1. The number of unbranched alkanes of at least 4 members (excludes halogenated alkanes) is 1.